The second-order valence-electron chi connectivity index (χ2n) is 8.28. The van der Waals surface area contributed by atoms with Gasteiger partial charge in [-0.2, -0.15) is 0 Å². The van der Waals surface area contributed by atoms with E-state index in [4.69, 9.17) is 0 Å². The molecule has 5 rings (SSSR count). The fourth-order valence-electron chi connectivity index (χ4n) is 5.34. The highest BCUT2D eigenvalue weighted by Crippen LogP contribution is 2.57. The van der Waals surface area contributed by atoms with Gasteiger partial charge in [0.25, 0.3) is 0 Å². The molecule has 3 atom stereocenters. The lowest BCUT2D eigenvalue weighted by molar-refractivity contribution is 0.215. The van der Waals surface area contributed by atoms with Gasteiger partial charge in [0.05, 0.1) is 0 Å². The minimum Gasteiger partial charge on any atom is -0.0664 e. The summed E-state index contributed by atoms with van der Waals surface area (Å²) in [4.78, 5) is 0. The van der Waals surface area contributed by atoms with Gasteiger partial charge in [0, 0.05) is 0 Å². The highest BCUT2D eigenvalue weighted by molar-refractivity contribution is 5.75. The minimum atomic E-state index is 0.709. The van der Waals surface area contributed by atoms with Crippen LogP contribution in [0, 0.1) is 5.92 Å². The van der Waals surface area contributed by atoms with Crippen LogP contribution in [0.15, 0.2) is 54.1 Å². The van der Waals surface area contributed by atoms with E-state index in [-0.39, 0.29) is 0 Å². The quantitative estimate of drug-likeness (QED) is 0.564. The largest absolute Gasteiger partial charge is 0.0664 e. The number of allylic oxidation sites excluding steroid dienone is 2. The molecule has 0 heteroatoms. The van der Waals surface area contributed by atoms with Gasteiger partial charge in [0.2, 0.25) is 0 Å². The van der Waals surface area contributed by atoms with Crippen molar-refractivity contribution in [1.29, 1.82) is 0 Å². The standard InChI is InChI=1S/C25H28/c1-2-17-11-12-22-20-13-14-21(20)23(18-7-4-3-5-8-18)16-24(25(22)15-17)19-9-6-10-19/h3-5,7-8,11-12,15,20-21,23H,2,6,9-10,13-14,16H2,1H3/t20-,21?,23?/m1/s1. The molecular weight excluding hydrogens is 300 g/mol. The van der Waals surface area contributed by atoms with Crippen LogP contribution in [0.4, 0.5) is 0 Å². The van der Waals surface area contributed by atoms with Gasteiger partial charge in [-0.05, 0) is 90.5 Å². The Morgan fingerprint density at radius 2 is 1.76 bits per heavy atom. The Labute approximate surface area is 152 Å². The maximum atomic E-state index is 2.54. The SMILES string of the molecule is CCc1ccc2c(c1)C(=C1CCC1)CC(c1ccccc1)C1CC[C@@H]21. The van der Waals surface area contributed by atoms with Crippen LogP contribution >= 0.6 is 0 Å². The molecule has 2 aromatic carbocycles. The Bertz CT molecular complexity index is 805. The van der Waals surface area contributed by atoms with Crippen LogP contribution < -0.4 is 0 Å². The predicted octanol–water partition coefficient (Wildman–Crippen LogP) is 6.87. The summed E-state index contributed by atoms with van der Waals surface area (Å²) in [7, 11) is 0. The first kappa shape index (κ1) is 15.4. The van der Waals surface area contributed by atoms with Gasteiger partial charge >= 0.3 is 0 Å². The van der Waals surface area contributed by atoms with E-state index in [1.807, 2.05) is 0 Å². The molecule has 0 spiro atoms. The van der Waals surface area contributed by atoms with Crippen molar-refractivity contribution >= 4 is 5.57 Å². The summed E-state index contributed by atoms with van der Waals surface area (Å²) in [6.07, 6.45) is 9.26. The molecule has 2 unspecified atom stereocenters. The van der Waals surface area contributed by atoms with Crippen LogP contribution in [-0.2, 0) is 6.42 Å². The van der Waals surface area contributed by atoms with Crippen molar-refractivity contribution in [3.05, 3.63) is 76.4 Å². The molecule has 3 aliphatic rings. The number of hydrogen-bond acceptors (Lipinski definition) is 0. The van der Waals surface area contributed by atoms with Gasteiger partial charge in [0.15, 0.2) is 0 Å². The Kier molecular flexibility index (Phi) is 3.81. The third-order valence-electron chi connectivity index (χ3n) is 7.13. The molecule has 0 aliphatic heterocycles. The van der Waals surface area contributed by atoms with Crippen LogP contribution in [0.5, 0.6) is 0 Å². The molecule has 0 N–H and O–H groups in total. The molecule has 0 nitrogen and oxygen atoms in total. The highest BCUT2D eigenvalue weighted by atomic mass is 14.5. The van der Waals surface area contributed by atoms with E-state index in [0.717, 1.165) is 18.3 Å². The third kappa shape index (κ3) is 2.49. The summed E-state index contributed by atoms with van der Waals surface area (Å²) in [5.41, 5.74) is 9.85. The summed E-state index contributed by atoms with van der Waals surface area (Å²) in [6, 6.07) is 18.8. The smallest absolute Gasteiger partial charge is 0.00871 e. The number of rotatable bonds is 2. The van der Waals surface area contributed by atoms with Gasteiger partial charge in [-0.25, -0.2) is 0 Å². The molecule has 0 aromatic heterocycles. The van der Waals surface area contributed by atoms with E-state index < -0.39 is 0 Å². The molecule has 25 heavy (non-hydrogen) atoms. The predicted molar refractivity (Wildman–Crippen MR) is 106 cm³/mol. The molecule has 2 fully saturated rings. The number of fused-ring (bicyclic) bond motifs is 3. The Balaban J connectivity index is 1.66. The lowest BCUT2D eigenvalue weighted by atomic mass is 9.63. The van der Waals surface area contributed by atoms with Gasteiger partial charge in [-0.15, -0.1) is 0 Å². The first-order valence-corrected chi connectivity index (χ1v) is 10.2. The Hall–Kier alpha value is -1.82. The summed E-state index contributed by atoms with van der Waals surface area (Å²) < 4.78 is 0. The molecule has 3 aliphatic carbocycles. The molecule has 0 radical (unpaired) electrons. The maximum Gasteiger partial charge on any atom is -0.00871 e. The first-order chi connectivity index (χ1) is 12.3. The van der Waals surface area contributed by atoms with Gasteiger partial charge in [0.1, 0.15) is 0 Å². The fraction of sp³-hybridized carbons (Fsp3) is 0.440. The summed E-state index contributed by atoms with van der Waals surface area (Å²) in [5, 5.41) is 0. The molecule has 0 amide bonds. The van der Waals surface area contributed by atoms with E-state index >= 15 is 0 Å². The molecule has 2 aromatic rings. The summed E-state index contributed by atoms with van der Waals surface area (Å²) in [6.45, 7) is 2.29. The first-order valence-electron chi connectivity index (χ1n) is 10.2. The second kappa shape index (κ2) is 6.16. The van der Waals surface area contributed by atoms with Crippen molar-refractivity contribution in [2.24, 2.45) is 5.92 Å². The molecular formula is C25H28. The molecule has 0 heterocycles. The fourth-order valence-corrected chi connectivity index (χ4v) is 5.34. The summed E-state index contributed by atoms with van der Waals surface area (Å²) in [5.74, 6) is 2.33. The monoisotopic (exact) mass is 328 g/mol. The number of benzene rings is 2. The number of hydrogen-bond donors (Lipinski definition) is 0. The van der Waals surface area contributed by atoms with E-state index in [1.165, 1.54) is 44.1 Å². The minimum absolute atomic E-state index is 0.709. The Morgan fingerprint density at radius 3 is 2.40 bits per heavy atom. The second-order valence-corrected chi connectivity index (χ2v) is 8.28. The zero-order chi connectivity index (χ0) is 16.8. The van der Waals surface area contributed by atoms with E-state index in [0.29, 0.717) is 5.92 Å². The van der Waals surface area contributed by atoms with E-state index in [1.54, 1.807) is 27.8 Å². The van der Waals surface area contributed by atoms with Gasteiger partial charge in [-0.3, -0.25) is 0 Å². The average Bonchev–Trinajstić information content (AvgIpc) is 2.67. The molecule has 128 valence electrons. The van der Waals surface area contributed by atoms with Crippen molar-refractivity contribution in [3.8, 4) is 0 Å². The van der Waals surface area contributed by atoms with Crippen LogP contribution in [0.3, 0.4) is 0 Å². The third-order valence-corrected chi connectivity index (χ3v) is 7.13. The van der Waals surface area contributed by atoms with Crippen molar-refractivity contribution in [2.75, 3.05) is 0 Å². The van der Waals surface area contributed by atoms with Crippen molar-refractivity contribution in [1.82, 2.24) is 0 Å². The van der Waals surface area contributed by atoms with Crippen LogP contribution in [-0.4, -0.2) is 0 Å². The number of aryl methyl sites for hydroxylation is 1. The van der Waals surface area contributed by atoms with Gasteiger partial charge < -0.3 is 0 Å². The van der Waals surface area contributed by atoms with Crippen LogP contribution in [0.1, 0.15) is 79.5 Å². The van der Waals surface area contributed by atoms with Crippen molar-refractivity contribution < 1.29 is 0 Å². The lowest BCUT2D eigenvalue weighted by Crippen LogP contribution is -2.28. The lowest BCUT2D eigenvalue weighted by Gasteiger charge is -2.41. The molecule has 0 bridgehead atoms. The molecule has 2 saturated carbocycles. The van der Waals surface area contributed by atoms with E-state index in [9.17, 15) is 0 Å². The average molecular weight is 328 g/mol. The van der Waals surface area contributed by atoms with E-state index in [2.05, 4.69) is 55.5 Å². The van der Waals surface area contributed by atoms with Crippen molar-refractivity contribution in [3.63, 3.8) is 0 Å². The normalized spacial score (nSPS) is 27.6. The van der Waals surface area contributed by atoms with Crippen LogP contribution in [0.2, 0.25) is 0 Å². The zero-order valence-corrected chi connectivity index (χ0v) is 15.3. The zero-order valence-electron chi connectivity index (χ0n) is 15.3. The van der Waals surface area contributed by atoms with Crippen LogP contribution in [0.25, 0.3) is 5.57 Å². The highest BCUT2D eigenvalue weighted by Gasteiger charge is 2.43. The maximum absolute atomic E-state index is 2.54. The summed E-state index contributed by atoms with van der Waals surface area (Å²) >= 11 is 0. The molecule has 0 saturated heterocycles. The topological polar surface area (TPSA) is 0 Å². The van der Waals surface area contributed by atoms with Crippen molar-refractivity contribution in [2.45, 2.75) is 63.7 Å². The Morgan fingerprint density at radius 1 is 0.920 bits per heavy atom. The van der Waals surface area contributed by atoms with Gasteiger partial charge in [-0.1, -0.05) is 61.0 Å².